The molecule has 0 saturated carbocycles. The monoisotopic (exact) mass is 276 g/mol. The molecule has 0 aliphatic rings. The van der Waals surface area contributed by atoms with Crippen molar-refractivity contribution in [2.24, 2.45) is 0 Å². The van der Waals surface area contributed by atoms with E-state index in [1.807, 2.05) is 0 Å². The second-order valence-electron chi connectivity index (χ2n) is 2.81. The lowest BCUT2D eigenvalue weighted by Crippen LogP contribution is -2.24. The van der Waals surface area contributed by atoms with Gasteiger partial charge in [-0.15, -0.1) is 0 Å². The average Bonchev–Trinajstić information content (AvgIpc) is 2.46. The molecule has 15 heavy (non-hydrogen) atoms. The average molecular weight is 277 g/mol. The van der Waals surface area contributed by atoms with Crippen molar-refractivity contribution in [3.05, 3.63) is 20.3 Å². The van der Waals surface area contributed by atoms with E-state index in [9.17, 15) is 14.9 Å². The molecule has 82 valence electrons. The summed E-state index contributed by atoms with van der Waals surface area (Å²) in [6.07, 6.45) is 0. The van der Waals surface area contributed by atoms with Crippen molar-refractivity contribution in [2.75, 3.05) is 7.05 Å². The lowest BCUT2D eigenvalue weighted by Gasteiger charge is -1.97. The van der Waals surface area contributed by atoms with Gasteiger partial charge < -0.3 is 15.4 Å². The van der Waals surface area contributed by atoms with E-state index in [0.717, 1.165) is 0 Å². The summed E-state index contributed by atoms with van der Waals surface area (Å²) in [6.45, 7) is 1.61. The molecule has 0 unspecified atom stereocenters. The molecular formula is C7H9BrN4O3. The standard InChI is InChI=1S/C7H9BrN4O3/c1-4-6(8)7(12(14)15)10-11(4)3-5(13)9-2/h3H2,1-2H3,(H,9,13). The number of nitro groups is 1. The van der Waals surface area contributed by atoms with Gasteiger partial charge in [-0.3, -0.25) is 4.79 Å². The summed E-state index contributed by atoms with van der Waals surface area (Å²) in [4.78, 5) is 21.0. The Morgan fingerprint density at radius 3 is 2.73 bits per heavy atom. The number of hydrogen-bond donors (Lipinski definition) is 1. The van der Waals surface area contributed by atoms with E-state index in [1.54, 1.807) is 6.92 Å². The SMILES string of the molecule is CNC(=O)Cn1nc([N+](=O)[O-])c(Br)c1C. The van der Waals surface area contributed by atoms with Gasteiger partial charge in [0.25, 0.3) is 0 Å². The maximum absolute atomic E-state index is 11.1. The number of likely N-dealkylation sites (N-methyl/N-ethyl adjacent to an activating group) is 1. The van der Waals surface area contributed by atoms with Gasteiger partial charge >= 0.3 is 5.82 Å². The van der Waals surface area contributed by atoms with Crippen LogP contribution in [0.3, 0.4) is 0 Å². The fourth-order valence-electron chi connectivity index (χ4n) is 0.994. The first kappa shape index (κ1) is 11.6. The molecule has 0 atom stereocenters. The van der Waals surface area contributed by atoms with Gasteiger partial charge in [0, 0.05) is 7.05 Å². The smallest absolute Gasteiger partial charge is 0.358 e. The van der Waals surface area contributed by atoms with Gasteiger partial charge in [0.05, 0.1) is 10.8 Å². The summed E-state index contributed by atoms with van der Waals surface area (Å²) in [6, 6.07) is 0. The molecule has 1 rings (SSSR count). The van der Waals surface area contributed by atoms with E-state index >= 15 is 0 Å². The van der Waals surface area contributed by atoms with Crippen LogP contribution in [0.4, 0.5) is 5.82 Å². The zero-order valence-electron chi connectivity index (χ0n) is 8.15. The van der Waals surface area contributed by atoms with Gasteiger partial charge in [-0.05, 0) is 27.8 Å². The van der Waals surface area contributed by atoms with Crippen LogP contribution in [-0.4, -0.2) is 27.7 Å². The third-order valence-electron chi connectivity index (χ3n) is 1.86. The zero-order chi connectivity index (χ0) is 11.6. The summed E-state index contributed by atoms with van der Waals surface area (Å²) in [5, 5.41) is 16.7. The Kier molecular flexibility index (Phi) is 3.40. The minimum absolute atomic E-state index is 0.0330. The molecule has 0 aliphatic carbocycles. The topological polar surface area (TPSA) is 90.1 Å². The van der Waals surface area contributed by atoms with E-state index < -0.39 is 4.92 Å². The fourth-order valence-corrected chi connectivity index (χ4v) is 1.42. The van der Waals surface area contributed by atoms with Crippen LogP contribution in [-0.2, 0) is 11.3 Å². The van der Waals surface area contributed by atoms with Crippen LogP contribution in [0.5, 0.6) is 0 Å². The lowest BCUT2D eigenvalue weighted by atomic mass is 10.4. The Bertz CT molecular complexity index is 415. The molecule has 1 amide bonds. The molecule has 0 radical (unpaired) electrons. The zero-order valence-corrected chi connectivity index (χ0v) is 9.74. The summed E-state index contributed by atoms with van der Waals surface area (Å²) in [5.74, 6) is -0.542. The van der Waals surface area contributed by atoms with Crippen LogP contribution < -0.4 is 5.32 Å². The molecule has 0 bridgehead atoms. The van der Waals surface area contributed by atoms with Gasteiger partial charge in [0.1, 0.15) is 11.0 Å². The number of halogens is 1. The molecule has 0 aliphatic heterocycles. The van der Waals surface area contributed by atoms with Crippen molar-refractivity contribution >= 4 is 27.7 Å². The van der Waals surface area contributed by atoms with Crippen molar-refractivity contribution in [1.29, 1.82) is 0 Å². The molecule has 0 aromatic carbocycles. The van der Waals surface area contributed by atoms with E-state index in [4.69, 9.17) is 0 Å². The van der Waals surface area contributed by atoms with Crippen LogP contribution in [0.25, 0.3) is 0 Å². The Morgan fingerprint density at radius 2 is 2.33 bits per heavy atom. The number of carbonyl (C=O) groups is 1. The van der Waals surface area contributed by atoms with Crippen molar-refractivity contribution in [3.63, 3.8) is 0 Å². The van der Waals surface area contributed by atoms with Crippen LogP contribution in [0.1, 0.15) is 5.69 Å². The minimum Gasteiger partial charge on any atom is -0.358 e. The molecule has 0 fully saturated rings. The number of nitrogens with one attached hydrogen (secondary N) is 1. The van der Waals surface area contributed by atoms with Crippen LogP contribution in [0.15, 0.2) is 4.47 Å². The fraction of sp³-hybridized carbons (Fsp3) is 0.429. The summed E-state index contributed by atoms with van der Waals surface area (Å²) < 4.78 is 1.58. The quantitative estimate of drug-likeness (QED) is 0.647. The van der Waals surface area contributed by atoms with Gasteiger partial charge in [-0.1, -0.05) is 0 Å². The van der Waals surface area contributed by atoms with Gasteiger partial charge in [0.15, 0.2) is 0 Å². The van der Waals surface area contributed by atoms with E-state index in [0.29, 0.717) is 10.2 Å². The maximum Gasteiger partial charge on any atom is 0.404 e. The number of amides is 1. The van der Waals surface area contributed by atoms with Crippen molar-refractivity contribution < 1.29 is 9.72 Å². The first-order valence-electron chi connectivity index (χ1n) is 4.05. The Labute approximate surface area is 93.7 Å². The number of hydrogen-bond acceptors (Lipinski definition) is 4. The molecule has 1 aromatic heterocycles. The first-order valence-corrected chi connectivity index (χ1v) is 4.84. The molecule has 1 N–H and O–H groups in total. The summed E-state index contributed by atoms with van der Waals surface area (Å²) in [7, 11) is 1.49. The van der Waals surface area contributed by atoms with Crippen LogP contribution in [0.2, 0.25) is 0 Å². The van der Waals surface area contributed by atoms with E-state index in [1.165, 1.54) is 11.7 Å². The third kappa shape index (κ3) is 2.32. The molecule has 0 saturated heterocycles. The lowest BCUT2D eigenvalue weighted by molar-refractivity contribution is -0.390. The highest BCUT2D eigenvalue weighted by molar-refractivity contribution is 9.10. The second kappa shape index (κ2) is 4.39. The highest BCUT2D eigenvalue weighted by Crippen LogP contribution is 2.26. The Morgan fingerprint density at radius 1 is 1.73 bits per heavy atom. The third-order valence-corrected chi connectivity index (χ3v) is 2.79. The van der Waals surface area contributed by atoms with Crippen molar-refractivity contribution in [1.82, 2.24) is 15.1 Å². The minimum atomic E-state index is -0.600. The van der Waals surface area contributed by atoms with Crippen LogP contribution in [0, 0.1) is 17.0 Å². The Balaban J connectivity index is 3.05. The van der Waals surface area contributed by atoms with Gasteiger partial charge in [-0.2, -0.15) is 4.68 Å². The van der Waals surface area contributed by atoms with E-state index in [2.05, 4.69) is 26.3 Å². The molecular weight excluding hydrogens is 268 g/mol. The van der Waals surface area contributed by atoms with Gasteiger partial charge in [0.2, 0.25) is 5.91 Å². The summed E-state index contributed by atoms with van der Waals surface area (Å²) >= 11 is 3.06. The molecule has 1 aromatic rings. The number of rotatable bonds is 3. The number of nitrogens with zero attached hydrogens (tertiary/aromatic N) is 3. The predicted octanol–water partition coefficient (Wildman–Crippen LogP) is 0.608. The predicted molar refractivity (Wildman–Crippen MR) is 55.4 cm³/mol. The Hall–Kier alpha value is -1.44. The maximum atomic E-state index is 11.1. The van der Waals surface area contributed by atoms with Gasteiger partial charge in [-0.25, -0.2) is 0 Å². The van der Waals surface area contributed by atoms with Crippen LogP contribution >= 0.6 is 15.9 Å². The number of aromatic nitrogens is 2. The molecule has 0 spiro atoms. The summed E-state index contributed by atoms with van der Waals surface area (Å²) in [5.41, 5.74) is 0.547. The van der Waals surface area contributed by atoms with E-state index in [-0.39, 0.29) is 18.3 Å². The van der Waals surface area contributed by atoms with Crippen molar-refractivity contribution in [3.8, 4) is 0 Å². The normalized spacial score (nSPS) is 10.1. The highest BCUT2D eigenvalue weighted by atomic mass is 79.9. The van der Waals surface area contributed by atoms with Crippen molar-refractivity contribution in [2.45, 2.75) is 13.5 Å². The molecule has 7 nitrogen and oxygen atoms in total. The highest BCUT2D eigenvalue weighted by Gasteiger charge is 2.24. The molecule has 1 heterocycles. The largest absolute Gasteiger partial charge is 0.404 e. The second-order valence-corrected chi connectivity index (χ2v) is 3.60. The first-order chi connectivity index (χ1) is 6.97. The molecule has 8 heteroatoms. The number of carbonyl (C=O) groups excluding carboxylic acids is 1.